The number of benzene rings is 1. The van der Waals surface area contributed by atoms with Gasteiger partial charge in [-0.3, -0.25) is 4.57 Å². The Morgan fingerprint density at radius 1 is 1.50 bits per heavy atom. The van der Waals surface area contributed by atoms with Crippen LogP contribution in [-0.4, -0.2) is 28.4 Å². The Bertz CT molecular complexity index is 542. The van der Waals surface area contributed by atoms with Gasteiger partial charge in [-0.2, -0.15) is 0 Å². The van der Waals surface area contributed by atoms with E-state index in [2.05, 4.69) is 4.98 Å². The largest absolute Gasteiger partial charge is 0.506 e. The van der Waals surface area contributed by atoms with Gasteiger partial charge in [0.15, 0.2) is 0 Å². The predicted molar refractivity (Wildman–Crippen MR) is 60.7 cm³/mol. The van der Waals surface area contributed by atoms with Crippen molar-refractivity contribution in [1.29, 1.82) is 0 Å². The molecular formula is C11H14N2O3. The summed E-state index contributed by atoms with van der Waals surface area (Å²) >= 11 is 0. The van der Waals surface area contributed by atoms with Crippen LogP contribution in [0.4, 0.5) is 0 Å². The fraction of sp³-hybridized carbons (Fsp3) is 0.364. The molecule has 0 aliphatic heterocycles. The van der Waals surface area contributed by atoms with Gasteiger partial charge in [0.2, 0.25) is 0 Å². The van der Waals surface area contributed by atoms with Gasteiger partial charge in [-0.25, -0.2) is 4.79 Å². The minimum Gasteiger partial charge on any atom is -0.506 e. The predicted octanol–water partition coefficient (Wildman–Crippen LogP) is 1.07. The summed E-state index contributed by atoms with van der Waals surface area (Å²) in [6.45, 7) is 1.12. The van der Waals surface area contributed by atoms with Gasteiger partial charge in [0.1, 0.15) is 11.3 Å². The molecule has 2 rings (SSSR count). The number of hydrogen-bond acceptors (Lipinski definition) is 3. The number of imidazole rings is 1. The molecule has 0 amide bonds. The fourth-order valence-electron chi connectivity index (χ4n) is 1.78. The van der Waals surface area contributed by atoms with Crippen molar-refractivity contribution in [3.63, 3.8) is 0 Å². The van der Waals surface area contributed by atoms with E-state index < -0.39 is 0 Å². The molecule has 0 saturated heterocycles. The SMILES string of the molecule is COCCCn1c(=O)[nH]c2cccc(O)c21. The lowest BCUT2D eigenvalue weighted by Crippen LogP contribution is -2.17. The second-order valence-corrected chi connectivity index (χ2v) is 3.60. The summed E-state index contributed by atoms with van der Waals surface area (Å²) < 4.78 is 6.47. The highest BCUT2D eigenvalue weighted by Crippen LogP contribution is 2.21. The number of ether oxygens (including phenoxy) is 1. The second-order valence-electron chi connectivity index (χ2n) is 3.60. The molecule has 0 unspecified atom stereocenters. The van der Waals surface area contributed by atoms with Crippen LogP contribution in [0, 0.1) is 0 Å². The number of para-hydroxylation sites is 1. The number of aromatic amines is 1. The number of aryl methyl sites for hydroxylation is 1. The number of nitrogens with zero attached hydrogens (tertiary/aromatic N) is 1. The molecule has 1 aromatic carbocycles. The van der Waals surface area contributed by atoms with Gasteiger partial charge in [-0.05, 0) is 18.6 Å². The number of aromatic nitrogens is 2. The smallest absolute Gasteiger partial charge is 0.326 e. The van der Waals surface area contributed by atoms with Gasteiger partial charge in [-0.15, -0.1) is 0 Å². The number of H-pyrrole nitrogens is 1. The van der Waals surface area contributed by atoms with Crippen molar-refractivity contribution in [2.24, 2.45) is 0 Å². The summed E-state index contributed by atoms with van der Waals surface area (Å²) in [5, 5.41) is 9.71. The monoisotopic (exact) mass is 222 g/mol. The Kier molecular flexibility index (Phi) is 2.96. The van der Waals surface area contributed by atoms with Gasteiger partial charge in [-0.1, -0.05) is 6.07 Å². The van der Waals surface area contributed by atoms with Gasteiger partial charge in [0, 0.05) is 20.3 Å². The highest BCUT2D eigenvalue weighted by Gasteiger charge is 2.09. The number of hydrogen-bond donors (Lipinski definition) is 2. The topological polar surface area (TPSA) is 67.2 Å². The molecule has 0 saturated carbocycles. The first-order valence-electron chi connectivity index (χ1n) is 5.13. The van der Waals surface area contributed by atoms with E-state index in [4.69, 9.17) is 4.74 Å². The van der Waals surface area contributed by atoms with Gasteiger partial charge in [0.25, 0.3) is 0 Å². The molecule has 5 heteroatoms. The molecule has 0 bridgehead atoms. The summed E-state index contributed by atoms with van der Waals surface area (Å²) in [5.41, 5.74) is 1.01. The molecule has 0 aliphatic carbocycles. The molecule has 5 nitrogen and oxygen atoms in total. The normalized spacial score (nSPS) is 11.1. The van der Waals surface area contributed by atoms with Gasteiger partial charge >= 0.3 is 5.69 Å². The van der Waals surface area contributed by atoms with Crippen LogP contribution in [0.15, 0.2) is 23.0 Å². The third kappa shape index (κ3) is 1.81. The Morgan fingerprint density at radius 2 is 2.31 bits per heavy atom. The first kappa shape index (κ1) is 10.8. The average Bonchev–Trinajstić information content (AvgIpc) is 2.57. The fourth-order valence-corrected chi connectivity index (χ4v) is 1.78. The second kappa shape index (κ2) is 4.40. The van der Waals surface area contributed by atoms with Crippen LogP contribution in [0.3, 0.4) is 0 Å². The van der Waals surface area contributed by atoms with Gasteiger partial charge < -0.3 is 14.8 Å². The van der Waals surface area contributed by atoms with E-state index in [1.165, 1.54) is 4.57 Å². The van der Waals surface area contributed by atoms with Crippen LogP contribution < -0.4 is 5.69 Å². The molecular weight excluding hydrogens is 208 g/mol. The molecule has 2 N–H and O–H groups in total. The molecule has 86 valence electrons. The van der Waals surface area contributed by atoms with E-state index in [-0.39, 0.29) is 11.4 Å². The highest BCUT2D eigenvalue weighted by atomic mass is 16.5. The number of nitrogens with one attached hydrogen (secondary N) is 1. The van der Waals surface area contributed by atoms with E-state index in [0.717, 1.165) is 6.42 Å². The lowest BCUT2D eigenvalue weighted by atomic mass is 10.3. The summed E-state index contributed by atoms with van der Waals surface area (Å²) in [6, 6.07) is 5.04. The van der Waals surface area contributed by atoms with Crippen molar-refractivity contribution >= 4 is 11.0 Å². The zero-order chi connectivity index (χ0) is 11.5. The van der Waals surface area contributed by atoms with Crippen molar-refractivity contribution in [1.82, 2.24) is 9.55 Å². The first-order chi connectivity index (χ1) is 7.74. The maximum absolute atomic E-state index is 11.6. The first-order valence-corrected chi connectivity index (χ1v) is 5.13. The molecule has 16 heavy (non-hydrogen) atoms. The van der Waals surface area contributed by atoms with Crippen LogP contribution >= 0.6 is 0 Å². The van der Waals surface area contributed by atoms with Crippen LogP contribution in [-0.2, 0) is 11.3 Å². The Labute approximate surface area is 92.3 Å². The van der Waals surface area contributed by atoms with E-state index in [0.29, 0.717) is 24.2 Å². The molecule has 1 heterocycles. The minimum absolute atomic E-state index is 0.119. The summed E-state index contributed by atoms with van der Waals surface area (Å²) in [6.07, 6.45) is 0.734. The summed E-state index contributed by atoms with van der Waals surface area (Å²) in [5.74, 6) is 0.119. The zero-order valence-corrected chi connectivity index (χ0v) is 9.06. The van der Waals surface area contributed by atoms with E-state index in [1.807, 2.05) is 0 Å². The minimum atomic E-state index is -0.201. The summed E-state index contributed by atoms with van der Waals surface area (Å²) in [7, 11) is 1.62. The Morgan fingerprint density at radius 3 is 3.06 bits per heavy atom. The van der Waals surface area contributed by atoms with Crippen LogP contribution in [0.5, 0.6) is 5.75 Å². The molecule has 0 fully saturated rings. The molecule has 0 radical (unpaired) electrons. The highest BCUT2D eigenvalue weighted by molar-refractivity contribution is 5.81. The Hall–Kier alpha value is -1.75. The molecule has 0 spiro atoms. The van der Waals surface area contributed by atoms with E-state index >= 15 is 0 Å². The number of phenolic OH excluding ortho intramolecular Hbond substituents is 1. The summed E-state index contributed by atoms with van der Waals surface area (Å²) in [4.78, 5) is 14.3. The Balaban J connectivity index is 2.43. The maximum atomic E-state index is 11.6. The van der Waals surface area contributed by atoms with E-state index in [1.54, 1.807) is 25.3 Å². The molecule has 2 aromatic rings. The zero-order valence-electron chi connectivity index (χ0n) is 9.06. The molecule has 0 aliphatic rings. The van der Waals surface area contributed by atoms with Crippen molar-refractivity contribution in [2.75, 3.05) is 13.7 Å². The number of phenols is 1. The lowest BCUT2D eigenvalue weighted by Gasteiger charge is -2.03. The number of aromatic hydroxyl groups is 1. The lowest BCUT2D eigenvalue weighted by molar-refractivity contribution is 0.190. The van der Waals surface area contributed by atoms with Crippen molar-refractivity contribution in [2.45, 2.75) is 13.0 Å². The van der Waals surface area contributed by atoms with Crippen LogP contribution in [0.1, 0.15) is 6.42 Å². The van der Waals surface area contributed by atoms with Crippen LogP contribution in [0.25, 0.3) is 11.0 Å². The van der Waals surface area contributed by atoms with Crippen molar-refractivity contribution < 1.29 is 9.84 Å². The molecule has 0 atom stereocenters. The standard InChI is InChI=1S/C11H14N2O3/c1-16-7-3-6-13-10-8(12-11(13)15)4-2-5-9(10)14/h2,4-5,14H,3,6-7H2,1H3,(H,12,15). The van der Waals surface area contributed by atoms with E-state index in [9.17, 15) is 9.90 Å². The van der Waals surface area contributed by atoms with Gasteiger partial charge in [0.05, 0.1) is 5.52 Å². The third-order valence-corrected chi connectivity index (χ3v) is 2.50. The maximum Gasteiger partial charge on any atom is 0.326 e. The number of methoxy groups -OCH3 is 1. The quantitative estimate of drug-likeness (QED) is 0.760. The number of rotatable bonds is 4. The third-order valence-electron chi connectivity index (χ3n) is 2.50. The number of fused-ring (bicyclic) bond motifs is 1. The average molecular weight is 222 g/mol. The molecule has 1 aromatic heterocycles. The van der Waals surface area contributed by atoms with Crippen molar-refractivity contribution in [3.8, 4) is 5.75 Å². The van der Waals surface area contributed by atoms with Crippen LogP contribution in [0.2, 0.25) is 0 Å². The van der Waals surface area contributed by atoms with Crippen molar-refractivity contribution in [3.05, 3.63) is 28.7 Å².